The molecule has 7 heteroatoms. The molecule has 114 valence electrons. The highest BCUT2D eigenvalue weighted by Gasteiger charge is 2.06. The van der Waals surface area contributed by atoms with E-state index in [9.17, 15) is 4.79 Å². The maximum absolute atomic E-state index is 11.8. The predicted octanol–water partition coefficient (Wildman–Crippen LogP) is 0.983. The molecule has 22 heavy (non-hydrogen) atoms. The molecular formula is C15H18N6O. The Hall–Kier alpha value is -2.70. The van der Waals surface area contributed by atoms with Gasteiger partial charge in [-0.3, -0.25) is 13.9 Å². The van der Waals surface area contributed by atoms with Crippen molar-refractivity contribution in [3.63, 3.8) is 0 Å². The summed E-state index contributed by atoms with van der Waals surface area (Å²) in [6, 6.07) is 7.69. The van der Waals surface area contributed by atoms with Gasteiger partial charge in [0.1, 0.15) is 5.82 Å². The molecule has 7 nitrogen and oxygen atoms in total. The highest BCUT2D eigenvalue weighted by Crippen LogP contribution is 2.03. The van der Waals surface area contributed by atoms with Gasteiger partial charge in [-0.15, -0.1) is 10.2 Å². The Morgan fingerprint density at radius 1 is 1.27 bits per heavy atom. The topological polar surface area (TPSA) is 77.1 Å². The third-order valence-corrected chi connectivity index (χ3v) is 3.53. The number of rotatable bonds is 6. The van der Waals surface area contributed by atoms with Crippen LogP contribution in [0.3, 0.4) is 0 Å². The van der Waals surface area contributed by atoms with Gasteiger partial charge < -0.3 is 5.32 Å². The maximum atomic E-state index is 11.8. The second-order valence-electron chi connectivity index (χ2n) is 5.09. The minimum absolute atomic E-state index is 0.0173. The van der Waals surface area contributed by atoms with E-state index in [0.717, 1.165) is 17.2 Å². The number of pyridine rings is 1. The number of nitrogens with zero attached hydrogens (tertiary/aromatic N) is 5. The first-order valence-electron chi connectivity index (χ1n) is 7.28. The number of hydrogen-bond donors (Lipinski definition) is 1. The number of aryl methyl sites for hydroxylation is 2. The van der Waals surface area contributed by atoms with Gasteiger partial charge in [0.25, 0.3) is 0 Å². The molecule has 0 atom stereocenters. The molecule has 0 saturated heterocycles. The first kappa shape index (κ1) is 14.2. The standard InChI is InChI=1S/C15H18N6O/c1-12-5-9-17-21(12)11-7-15(22)16-8-6-14-19-18-13-4-2-3-10-20(13)14/h2-5,9-10H,6-8,11H2,1H3,(H,16,22). The first-order chi connectivity index (χ1) is 10.7. The fraction of sp³-hybridized carbons (Fsp3) is 0.333. The zero-order valence-corrected chi connectivity index (χ0v) is 12.4. The Balaban J connectivity index is 1.46. The number of nitrogens with one attached hydrogen (secondary N) is 1. The van der Waals surface area contributed by atoms with Gasteiger partial charge in [-0.2, -0.15) is 5.10 Å². The van der Waals surface area contributed by atoms with E-state index < -0.39 is 0 Å². The molecule has 0 radical (unpaired) electrons. The summed E-state index contributed by atoms with van der Waals surface area (Å²) >= 11 is 0. The number of carbonyl (C=O) groups is 1. The second-order valence-corrected chi connectivity index (χ2v) is 5.09. The lowest BCUT2D eigenvalue weighted by Crippen LogP contribution is -2.27. The summed E-state index contributed by atoms with van der Waals surface area (Å²) in [5.41, 5.74) is 1.88. The lowest BCUT2D eigenvalue weighted by molar-refractivity contribution is -0.121. The van der Waals surface area contributed by atoms with E-state index in [1.165, 1.54) is 0 Å². The van der Waals surface area contributed by atoms with Crippen LogP contribution in [0.2, 0.25) is 0 Å². The van der Waals surface area contributed by atoms with Crippen LogP contribution in [0.15, 0.2) is 36.7 Å². The minimum atomic E-state index is 0.0173. The van der Waals surface area contributed by atoms with Crippen LogP contribution < -0.4 is 5.32 Å². The number of carbonyl (C=O) groups excluding carboxylic acids is 1. The van der Waals surface area contributed by atoms with Crippen LogP contribution in [-0.2, 0) is 17.8 Å². The Labute approximate surface area is 128 Å². The molecule has 1 N–H and O–H groups in total. The summed E-state index contributed by atoms with van der Waals surface area (Å²) in [5.74, 6) is 0.863. The van der Waals surface area contributed by atoms with Crippen molar-refractivity contribution in [1.82, 2.24) is 29.7 Å². The number of aromatic nitrogens is 5. The highest BCUT2D eigenvalue weighted by molar-refractivity contribution is 5.75. The van der Waals surface area contributed by atoms with Crippen LogP contribution in [0.1, 0.15) is 17.9 Å². The lowest BCUT2D eigenvalue weighted by Gasteiger charge is -2.06. The van der Waals surface area contributed by atoms with Gasteiger partial charge in [-0.25, -0.2) is 0 Å². The summed E-state index contributed by atoms with van der Waals surface area (Å²) in [5, 5.41) is 15.3. The molecule has 0 aliphatic rings. The van der Waals surface area contributed by atoms with Crippen molar-refractivity contribution in [3.8, 4) is 0 Å². The molecule has 0 spiro atoms. The molecule has 0 fully saturated rings. The van der Waals surface area contributed by atoms with E-state index in [1.54, 1.807) is 6.20 Å². The minimum Gasteiger partial charge on any atom is -0.356 e. The van der Waals surface area contributed by atoms with E-state index in [2.05, 4.69) is 20.6 Å². The summed E-state index contributed by atoms with van der Waals surface area (Å²) in [6.45, 7) is 3.12. The average molecular weight is 298 g/mol. The molecule has 3 heterocycles. The van der Waals surface area contributed by atoms with E-state index in [4.69, 9.17) is 0 Å². The fourth-order valence-corrected chi connectivity index (χ4v) is 2.30. The largest absolute Gasteiger partial charge is 0.356 e. The van der Waals surface area contributed by atoms with Crippen LogP contribution in [-0.4, -0.2) is 36.8 Å². The van der Waals surface area contributed by atoms with E-state index in [-0.39, 0.29) is 5.91 Å². The fourth-order valence-electron chi connectivity index (χ4n) is 2.30. The van der Waals surface area contributed by atoms with Crippen molar-refractivity contribution in [2.75, 3.05) is 6.54 Å². The van der Waals surface area contributed by atoms with Crippen LogP contribution in [0.5, 0.6) is 0 Å². The predicted molar refractivity (Wildman–Crippen MR) is 81.3 cm³/mol. The third-order valence-electron chi connectivity index (χ3n) is 3.53. The molecule has 0 bridgehead atoms. The molecule has 3 aromatic rings. The van der Waals surface area contributed by atoms with Gasteiger partial charge in [0.15, 0.2) is 5.65 Å². The zero-order valence-electron chi connectivity index (χ0n) is 12.4. The molecule has 0 saturated carbocycles. The Kier molecular flexibility index (Phi) is 4.13. The highest BCUT2D eigenvalue weighted by atomic mass is 16.1. The van der Waals surface area contributed by atoms with Gasteiger partial charge in [0, 0.05) is 44.0 Å². The Morgan fingerprint density at radius 3 is 3.00 bits per heavy atom. The zero-order chi connectivity index (χ0) is 15.4. The summed E-state index contributed by atoms with van der Waals surface area (Å²) in [4.78, 5) is 11.8. The smallest absolute Gasteiger partial charge is 0.221 e. The van der Waals surface area contributed by atoms with Crippen molar-refractivity contribution in [2.24, 2.45) is 0 Å². The van der Waals surface area contributed by atoms with Crippen molar-refractivity contribution in [3.05, 3.63) is 48.2 Å². The quantitative estimate of drug-likeness (QED) is 0.736. The van der Waals surface area contributed by atoms with Gasteiger partial charge in [-0.1, -0.05) is 6.07 Å². The van der Waals surface area contributed by atoms with Crippen LogP contribution in [0, 0.1) is 6.92 Å². The summed E-state index contributed by atoms with van der Waals surface area (Å²) < 4.78 is 3.75. The summed E-state index contributed by atoms with van der Waals surface area (Å²) in [6.07, 6.45) is 4.73. The van der Waals surface area contributed by atoms with E-state index in [1.807, 2.05) is 46.5 Å². The van der Waals surface area contributed by atoms with Crippen molar-refractivity contribution in [2.45, 2.75) is 26.3 Å². The van der Waals surface area contributed by atoms with Gasteiger partial charge in [0.05, 0.1) is 0 Å². The molecular weight excluding hydrogens is 280 g/mol. The molecule has 0 aliphatic carbocycles. The van der Waals surface area contributed by atoms with Gasteiger partial charge >= 0.3 is 0 Å². The van der Waals surface area contributed by atoms with Crippen molar-refractivity contribution in [1.29, 1.82) is 0 Å². The van der Waals surface area contributed by atoms with Crippen LogP contribution in [0.25, 0.3) is 5.65 Å². The SMILES string of the molecule is Cc1ccnn1CCC(=O)NCCc1nnc2ccccn12. The maximum Gasteiger partial charge on any atom is 0.221 e. The molecule has 1 amide bonds. The van der Waals surface area contributed by atoms with Crippen LogP contribution >= 0.6 is 0 Å². The number of amides is 1. The van der Waals surface area contributed by atoms with E-state index >= 15 is 0 Å². The molecule has 0 aliphatic heterocycles. The summed E-state index contributed by atoms with van der Waals surface area (Å²) in [7, 11) is 0. The monoisotopic (exact) mass is 298 g/mol. The van der Waals surface area contributed by atoms with Crippen molar-refractivity contribution >= 4 is 11.6 Å². The van der Waals surface area contributed by atoms with Gasteiger partial charge in [-0.05, 0) is 25.1 Å². The number of fused-ring (bicyclic) bond motifs is 1. The Bertz CT molecular complexity index is 775. The Morgan fingerprint density at radius 2 is 2.18 bits per heavy atom. The third kappa shape index (κ3) is 3.13. The normalized spacial score (nSPS) is 11.0. The van der Waals surface area contributed by atoms with Crippen LogP contribution in [0.4, 0.5) is 0 Å². The molecule has 0 unspecified atom stereocenters. The molecule has 3 aromatic heterocycles. The number of hydrogen-bond acceptors (Lipinski definition) is 4. The molecule has 0 aromatic carbocycles. The first-order valence-corrected chi connectivity index (χ1v) is 7.28. The van der Waals surface area contributed by atoms with Crippen molar-refractivity contribution < 1.29 is 4.79 Å². The average Bonchev–Trinajstić information content (AvgIpc) is 3.12. The van der Waals surface area contributed by atoms with E-state index in [0.29, 0.717) is 25.9 Å². The second kappa shape index (κ2) is 6.38. The molecule has 3 rings (SSSR count). The van der Waals surface area contributed by atoms with Gasteiger partial charge in [0.2, 0.25) is 5.91 Å². The lowest BCUT2D eigenvalue weighted by atomic mass is 10.3.